The zero-order chi connectivity index (χ0) is 37.7. The van der Waals surface area contributed by atoms with Crippen LogP contribution in [0, 0.1) is 11.3 Å². The summed E-state index contributed by atoms with van der Waals surface area (Å²) in [5, 5.41) is 9.83. The molecule has 9 rings (SSSR count). The highest BCUT2D eigenvalue weighted by Crippen LogP contribution is 2.32. The Morgan fingerprint density at radius 2 is 0.589 bits per heavy atom. The van der Waals surface area contributed by atoms with Crippen LogP contribution in [0.2, 0.25) is 0 Å². The molecule has 0 saturated heterocycles. The van der Waals surface area contributed by atoms with Crippen LogP contribution in [-0.4, -0.2) is 29.9 Å². The van der Waals surface area contributed by atoms with Crippen molar-refractivity contribution in [1.82, 2.24) is 29.9 Å². The van der Waals surface area contributed by atoms with Crippen LogP contribution in [0.25, 0.3) is 90.6 Å². The van der Waals surface area contributed by atoms with Crippen LogP contribution in [0.5, 0.6) is 0 Å². The van der Waals surface area contributed by atoms with Crippen molar-refractivity contribution >= 4 is 0 Å². The van der Waals surface area contributed by atoms with E-state index in [9.17, 15) is 5.26 Å². The molecule has 0 amide bonds. The van der Waals surface area contributed by atoms with Crippen LogP contribution in [0.15, 0.2) is 188 Å². The SMILES string of the molecule is N#Cc1ccccc1-c1nc(-c2ccccc2)nc(-c2ccc(-c3cccc(-c4nc(-c5ccccc5)nc(-c5cccc(-c6ccccc6)c5)n4)c3)cc2)n1. The summed E-state index contributed by atoms with van der Waals surface area (Å²) in [4.78, 5) is 29.5. The number of benzene rings is 7. The van der Waals surface area contributed by atoms with Gasteiger partial charge in [-0.25, -0.2) is 29.9 Å². The fourth-order valence-corrected chi connectivity index (χ4v) is 6.59. The fourth-order valence-electron chi connectivity index (χ4n) is 6.59. The molecule has 0 radical (unpaired) electrons. The third-order valence-corrected chi connectivity index (χ3v) is 9.45. The van der Waals surface area contributed by atoms with Crippen LogP contribution < -0.4 is 0 Å². The van der Waals surface area contributed by atoms with Gasteiger partial charge in [-0.2, -0.15) is 5.26 Å². The van der Waals surface area contributed by atoms with Crippen LogP contribution >= 0.6 is 0 Å². The van der Waals surface area contributed by atoms with E-state index in [0.717, 1.165) is 50.1 Å². The summed E-state index contributed by atoms with van der Waals surface area (Å²) in [5.41, 5.74) is 9.78. The van der Waals surface area contributed by atoms with E-state index in [2.05, 4.69) is 54.6 Å². The summed E-state index contributed by atoms with van der Waals surface area (Å²) in [6.07, 6.45) is 0. The van der Waals surface area contributed by atoms with E-state index < -0.39 is 0 Å². The van der Waals surface area contributed by atoms with Gasteiger partial charge < -0.3 is 0 Å². The topological polar surface area (TPSA) is 101 Å². The third-order valence-electron chi connectivity index (χ3n) is 9.45. The Hall–Kier alpha value is -7.95. The maximum atomic E-state index is 9.83. The first-order valence-electron chi connectivity index (χ1n) is 18.2. The number of hydrogen-bond acceptors (Lipinski definition) is 7. The van der Waals surface area contributed by atoms with E-state index in [1.807, 2.05) is 133 Å². The molecule has 0 unspecified atom stereocenters. The summed E-state index contributed by atoms with van der Waals surface area (Å²) < 4.78 is 0. The van der Waals surface area contributed by atoms with Gasteiger partial charge in [-0.3, -0.25) is 0 Å². The van der Waals surface area contributed by atoms with E-state index >= 15 is 0 Å². The molecule has 9 aromatic rings. The minimum Gasteiger partial charge on any atom is -0.208 e. The zero-order valence-corrected chi connectivity index (χ0v) is 30.0. The molecule has 262 valence electrons. The summed E-state index contributed by atoms with van der Waals surface area (Å²) in [6.45, 7) is 0. The Morgan fingerprint density at radius 1 is 0.268 bits per heavy atom. The Kier molecular flexibility index (Phi) is 9.18. The Morgan fingerprint density at radius 3 is 1.07 bits per heavy atom. The summed E-state index contributed by atoms with van der Waals surface area (Å²) in [5.74, 6) is 3.29. The Balaban J connectivity index is 1.08. The largest absolute Gasteiger partial charge is 0.208 e. The number of nitrogens with zero attached hydrogens (tertiary/aromatic N) is 7. The molecule has 0 aliphatic carbocycles. The van der Waals surface area contributed by atoms with E-state index in [1.165, 1.54) is 0 Å². The Bertz CT molecular complexity index is 2850. The van der Waals surface area contributed by atoms with Crippen molar-refractivity contribution < 1.29 is 0 Å². The van der Waals surface area contributed by atoms with Crippen LogP contribution in [-0.2, 0) is 0 Å². The molecule has 0 aliphatic rings. The normalized spacial score (nSPS) is 10.8. The summed E-state index contributed by atoms with van der Waals surface area (Å²) in [6, 6.07) is 64.4. The highest BCUT2D eigenvalue weighted by Gasteiger charge is 2.16. The molecule has 7 aromatic carbocycles. The van der Waals surface area contributed by atoms with E-state index in [1.54, 1.807) is 6.07 Å². The lowest BCUT2D eigenvalue weighted by atomic mass is 10.0. The second-order valence-corrected chi connectivity index (χ2v) is 13.1. The standard InChI is InChI=1S/C49H31N7/c50-32-42-20-10-11-25-43(42)49-55-45(36-18-8-3-9-19-36)51-46(56-49)37-28-26-34(27-29-37)39-22-13-24-41(31-39)48-53-44(35-16-6-2-7-17-35)52-47(54-48)40-23-12-21-38(30-40)33-14-4-1-5-15-33/h1-31H. The number of rotatable bonds is 8. The van der Waals surface area contributed by atoms with Gasteiger partial charge in [0.1, 0.15) is 0 Å². The van der Waals surface area contributed by atoms with Gasteiger partial charge in [0.2, 0.25) is 0 Å². The first-order chi connectivity index (χ1) is 27.7. The molecule has 0 saturated carbocycles. The van der Waals surface area contributed by atoms with Gasteiger partial charge >= 0.3 is 0 Å². The molecule has 56 heavy (non-hydrogen) atoms. The van der Waals surface area contributed by atoms with Gasteiger partial charge in [0.25, 0.3) is 0 Å². The minimum atomic E-state index is 0.446. The first-order valence-corrected chi connectivity index (χ1v) is 18.2. The average molecular weight is 718 g/mol. The number of hydrogen-bond donors (Lipinski definition) is 0. The second-order valence-electron chi connectivity index (χ2n) is 13.1. The van der Waals surface area contributed by atoms with Gasteiger partial charge in [-0.1, -0.05) is 164 Å². The Labute approximate surface area is 324 Å². The number of nitriles is 1. The fraction of sp³-hybridized carbons (Fsp3) is 0. The summed E-state index contributed by atoms with van der Waals surface area (Å²) >= 11 is 0. The molecular formula is C49H31N7. The lowest BCUT2D eigenvalue weighted by molar-refractivity contribution is 1.07. The first kappa shape index (κ1) is 33.9. The van der Waals surface area contributed by atoms with Gasteiger partial charge in [0.15, 0.2) is 34.9 Å². The van der Waals surface area contributed by atoms with Gasteiger partial charge in [-0.15, -0.1) is 0 Å². The lowest BCUT2D eigenvalue weighted by Crippen LogP contribution is -2.01. The van der Waals surface area contributed by atoms with Crippen LogP contribution in [0.1, 0.15) is 5.56 Å². The van der Waals surface area contributed by atoms with E-state index in [4.69, 9.17) is 29.9 Å². The lowest BCUT2D eigenvalue weighted by Gasteiger charge is -2.11. The predicted octanol–water partition coefficient (Wildman–Crippen LogP) is 11.3. The molecule has 0 bridgehead atoms. The van der Waals surface area contributed by atoms with Crippen molar-refractivity contribution in [2.45, 2.75) is 0 Å². The maximum Gasteiger partial charge on any atom is 0.165 e. The molecule has 2 aromatic heterocycles. The molecule has 2 heterocycles. The van der Waals surface area contributed by atoms with Crippen molar-refractivity contribution in [2.75, 3.05) is 0 Å². The van der Waals surface area contributed by atoms with E-state index in [-0.39, 0.29) is 0 Å². The minimum absolute atomic E-state index is 0.446. The molecule has 0 atom stereocenters. The van der Waals surface area contributed by atoms with Gasteiger partial charge in [0.05, 0.1) is 11.6 Å². The van der Waals surface area contributed by atoms with Crippen molar-refractivity contribution in [1.29, 1.82) is 5.26 Å². The van der Waals surface area contributed by atoms with Crippen molar-refractivity contribution in [2.24, 2.45) is 0 Å². The molecule has 0 fully saturated rings. The second kappa shape index (κ2) is 15.2. The molecular weight excluding hydrogens is 687 g/mol. The molecule has 0 N–H and O–H groups in total. The molecule has 7 nitrogen and oxygen atoms in total. The van der Waals surface area contributed by atoms with Crippen LogP contribution in [0.3, 0.4) is 0 Å². The number of aromatic nitrogens is 6. The van der Waals surface area contributed by atoms with Crippen molar-refractivity contribution in [3.8, 4) is 96.7 Å². The summed E-state index contributed by atoms with van der Waals surface area (Å²) in [7, 11) is 0. The quantitative estimate of drug-likeness (QED) is 0.154. The zero-order valence-electron chi connectivity index (χ0n) is 30.0. The van der Waals surface area contributed by atoms with E-state index in [0.29, 0.717) is 46.1 Å². The van der Waals surface area contributed by atoms with Gasteiger partial charge in [-0.05, 0) is 46.5 Å². The highest BCUT2D eigenvalue weighted by atomic mass is 15.0. The van der Waals surface area contributed by atoms with Gasteiger partial charge in [0, 0.05) is 33.4 Å². The van der Waals surface area contributed by atoms with Crippen molar-refractivity contribution in [3.63, 3.8) is 0 Å². The molecule has 0 spiro atoms. The highest BCUT2D eigenvalue weighted by molar-refractivity contribution is 5.76. The third kappa shape index (κ3) is 7.06. The molecule has 0 aliphatic heterocycles. The molecule has 7 heteroatoms. The predicted molar refractivity (Wildman–Crippen MR) is 221 cm³/mol. The van der Waals surface area contributed by atoms with Crippen molar-refractivity contribution in [3.05, 3.63) is 194 Å². The smallest absolute Gasteiger partial charge is 0.165 e. The van der Waals surface area contributed by atoms with Crippen LogP contribution in [0.4, 0.5) is 0 Å². The maximum absolute atomic E-state index is 9.83. The monoisotopic (exact) mass is 717 g/mol. The average Bonchev–Trinajstić information content (AvgIpc) is 3.29.